The molecule has 0 unspecified atom stereocenters. The van der Waals surface area contributed by atoms with E-state index in [1.807, 2.05) is 26.0 Å². The van der Waals surface area contributed by atoms with E-state index in [1.54, 1.807) is 13.8 Å². The zero-order valence-corrected chi connectivity index (χ0v) is 21.9. The van der Waals surface area contributed by atoms with Crippen LogP contribution in [0, 0.1) is 26.7 Å². The summed E-state index contributed by atoms with van der Waals surface area (Å²) >= 11 is 0. The first-order chi connectivity index (χ1) is 17.4. The van der Waals surface area contributed by atoms with Crippen molar-refractivity contribution in [3.05, 3.63) is 39.4 Å². The molecule has 0 saturated heterocycles. The first-order valence-corrected chi connectivity index (χ1v) is 11.7. The lowest BCUT2D eigenvalue weighted by Crippen LogP contribution is -2.42. The maximum absolute atomic E-state index is 13.7. The Kier molecular flexibility index (Phi) is 8.41. The lowest BCUT2D eigenvalue weighted by atomic mass is 9.97. The summed E-state index contributed by atoms with van der Waals surface area (Å²) in [5.74, 6) is -2.13. The van der Waals surface area contributed by atoms with Crippen LogP contribution in [-0.2, 0) is 35.1 Å². The fourth-order valence-electron chi connectivity index (χ4n) is 3.86. The number of nitrogens with zero attached hydrogens (tertiary/aromatic N) is 4. The molecule has 3 atom stereocenters. The number of benzene rings is 1. The molecule has 2 aromatic heterocycles. The summed E-state index contributed by atoms with van der Waals surface area (Å²) in [5.41, 5.74) is 2.29. The van der Waals surface area contributed by atoms with E-state index in [0.717, 1.165) is 11.1 Å². The van der Waals surface area contributed by atoms with Crippen LogP contribution in [0.25, 0.3) is 22.6 Å². The van der Waals surface area contributed by atoms with E-state index >= 15 is 0 Å². The number of aryl methyl sites for hydroxylation is 3. The molecule has 12 heteroatoms. The SMILES string of the molecule is CC(=O)OC[C@@H](OC(C)=O)[C@@H](C)[C@H](Cn1c(=O)c(-c2nc(C)no2)nc2cc(C)c(C)cc21)OC(C)=O. The van der Waals surface area contributed by atoms with Gasteiger partial charge in [-0.25, -0.2) is 4.98 Å². The number of fused-ring (bicyclic) bond motifs is 1. The average molecular weight is 515 g/mol. The molecule has 1 aromatic carbocycles. The van der Waals surface area contributed by atoms with E-state index < -0.39 is 41.6 Å². The molecule has 2 heterocycles. The van der Waals surface area contributed by atoms with Crippen molar-refractivity contribution < 1.29 is 33.1 Å². The van der Waals surface area contributed by atoms with Crippen LogP contribution >= 0.6 is 0 Å². The molecule has 0 N–H and O–H groups in total. The van der Waals surface area contributed by atoms with Gasteiger partial charge in [0.05, 0.1) is 17.6 Å². The van der Waals surface area contributed by atoms with E-state index in [2.05, 4.69) is 15.1 Å². The minimum Gasteiger partial charge on any atom is -0.462 e. The Morgan fingerprint density at radius 1 is 0.946 bits per heavy atom. The third-order valence-corrected chi connectivity index (χ3v) is 5.91. The molecule has 0 aliphatic carbocycles. The summed E-state index contributed by atoms with van der Waals surface area (Å²) in [7, 11) is 0. The number of carbonyl (C=O) groups excluding carboxylic acids is 3. The highest BCUT2D eigenvalue weighted by Gasteiger charge is 2.33. The molecule has 0 amide bonds. The zero-order valence-electron chi connectivity index (χ0n) is 21.9. The van der Waals surface area contributed by atoms with Gasteiger partial charge in [-0.3, -0.25) is 19.2 Å². The van der Waals surface area contributed by atoms with Crippen LogP contribution in [0.1, 0.15) is 44.6 Å². The van der Waals surface area contributed by atoms with E-state index in [1.165, 1.54) is 25.3 Å². The minimum absolute atomic E-state index is 0.0406. The van der Waals surface area contributed by atoms with Crippen molar-refractivity contribution in [3.8, 4) is 11.6 Å². The second kappa shape index (κ2) is 11.3. The van der Waals surface area contributed by atoms with Crippen molar-refractivity contribution in [3.63, 3.8) is 0 Å². The van der Waals surface area contributed by atoms with Crippen molar-refractivity contribution in [2.24, 2.45) is 5.92 Å². The molecular formula is C25H30N4O8. The molecule has 0 aliphatic heterocycles. The van der Waals surface area contributed by atoms with Crippen LogP contribution in [0.4, 0.5) is 0 Å². The predicted octanol–water partition coefficient (Wildman–Crippen LogP) is 2.43. The highest BCUT2D eigenvalue weighted by molar-refractivity contribution is 5.79. The minimum atomic E-state index is -0.945. The first-order valence-electron chi connectivity index (χ1n) is 11.7. The van der Waals surface area contributed by atoms with Crippen LogP contribution in [0.3, 0.4) is 0 Å². The maximum Gasteiger partial charge on any atom is 0.303 e. The first kappa shape index (κ1) is 27.5. The van der Waals surface area contributed by atoms with Crippen LogP contribution < -0.4 is 5.56 Å². The van der Waals surface area contributed by atoms with Crippen LogP contribution in [0.5, 0.6) is 0 Å². The molecular weight excluding hydrogens is 484 g/mol. The lowest BCUT2D eigenvalue weighted by Gasteiger charge is -2.30. The second-order valence-electron chi connectivity index (χ2n) is 8.91. The van der Waals surface area contributed by atoms with Gasteiger partial charge in [-0.1, -0.05) is 12.1 Å². The Labute approximate surface area is 212 Å². The monoisotopic (exact) mass is 514 g/mol. The van der Waals surface area contributed by atoms with Gasteiger partial charge < -0.3 is 23.3 Å². The third-order valence-electron chi connectivity index (χ3n) is 5.91. The van der Waals surface area contributed by atoms with Crippen LogP contribution in [-0.4, -0.2) is 56.4 Å². The van der Waals surface area contributed by atoms with Crippen molar-refractivity contribution in [2.45, 2.75) is 67.2 Å². The van der Waals surface area contributed by atoms with E-state index in [4.69, 9.17) is 18.7 Å². The number of rotatable bonds is 9. The molecule has 0 bridgehead atoms. The van der Waals surface area contributed by atoms with E-state index in [9.17, 15) is 19.2 Å². The smallest absolute Gasteiger partial charge is 0.303 e. The summed E-state index contributed by atoms with van der Waals surface area (Å²) in [5, 5.41) is 3.76. The highest BCUT2D eigenvalue weighted by Crippen LogP contribution is 2.24. The Hall–Kier alpha value is -4.09. The molecule has 0 saturated carbocycles. The lowest BCUT2D eigenvalue weighted by molar-refractivity contribution is -0.167. The van der Waals surface area contributed by atoms with Gasteiger partial charge in [0, 0.05) is 26.7 Å². The second-order valence-corrected chi connectivity index (χ2v) is 8.91. The molecule has 0 spiro atoms. The zero-order chi connectivity index (χ0) is 27.4. The molecule has 0 fully saturated rings. The van der Waals surface area contributed by atoms with Gasteiger partial charge in [0.15, 0.2) is 11.5 Å². The molecule has 198 valence electrons. The summed E-state index contributed by atoms with van der Waals surface area (Å²) in [4.78, 5) is 57.5. The van der Waals surface area contributed by atoms with Gasteiger partial charge in [-0.15, -0.1) is 0 Å². The van der Waals surface area contributed by atoms with Crippen molar-refractivity contribution >= 4 is 28.9 Å². The van der Waals surface area contributed by atoms with E-state index in [-0.39, 0.29) is 24.7 Å². The fourth-order valence-corrected chi connectivity index (χ4v) is 3.86. The number of ether oxygens (including phenoxy) is 3. The maximum atomic E-state index is 13.7. The van der Waals surface area contributed by atoms with Gasteiger partial charge >= 0.3 is 17.9 Å². The van der Waals surface area contributed by atoms with Crippen LogP contribution in [0.2, 0.25) is 0 Å². The molecule has 3 aromatic rings. The quantitative estimate of drug-likeness (QED) is 0.306. The number of aromatic nitrogens is 4. The van der Waals surface area contributed by atoms with E-state index in [0.29, 0.717) is 16.9 Å². The predicted molar refractivity (Wildman–Crippen MR) is 130 cm³/mol. The third kappa shape index (κ3) is 6.57. The Balaban J connectivity index is 2.15. The van der Waals surface area contributed by atoms with Gasteiger partial charge in [0.1, 0.15) is 18.8 Å². The average Bonchev–Trinajstić information content (AvgIpc) is 3.23. The molecule has 0 radical (unpaired) electrons. The van der Waals surface area contributed by atoms with Crippen LogP contribution in [0.15, 0.2) is 21.5 Å². The topological polar surface area (TPSA) is 153 Å². The standard InChI is InChI=1S/C25H30N4O8/c1-12-8-19-20(9-13(12)2)29(25(33)23(27-19)24-26-15(4)28-37-24)10-21(35-17(6)31)14(3)22(36-18(7)32)11-34-16(5)30/h8-9,14,21-22H,10-11H2,1-7H3/t14-,21-,22+/m0/s1. The summed E-state index contributed by atoms with van der Waals surface area (Å²) in [6.07, 6.45) is -1.88. The number of carbonyl (C=O) groups is 3. The fraction of sp³-hybridized carbons (Fsp3) is 0.480. The van der Waals surface area contributed by atoms with Gasteiger partial charge in [-0.05, 0) is 44.0 Å². The number of hydrogen-bond acceptors (Lipinski definition) is 11. The molecule has 37 heavy (non-hydrogen) atoms. The summed E-state index contributed by atoms with van der Waals surface area (Å²) < 4.78 is 22.7. The Morgan fingerprint density at radius 3 is 2.14 bits per heavy atom. The van der Waals surface area contributed by atoms with Gasteiger partial charge in [0.25, 0.3) is 11.4 Å². The van der Waals surface area contributed by atoms with Gasteiger partial charge in [-0.2, -0.15) is 4.98 Å². The van der Waals surface area contributed by atoms with Crippen molar-refractivity contribution in [1.82, 2.24) is 19.7 Å². The Bertz CT molecular complexity index is 1390. The highest BCUT2D eigenvalue weighted by atomic mass is 16.6. The normalized spacial score (nSPS) is 13.6. The van der Waals surface area contributed by atoms with Gasteiger partial charge in [0.2, 0.25) is 0 Å². The van der Waals surface area contributed by atoms with Crippen molar-refractivity contribution in [1.29, 1.82) is 0 Å². The largest absolute Gasteiger partial charge is 0.462 e. The molecule has 12 nitrogen and oxygen atoms in total. The number of hydrogen-bond donors (Lipinski definition) is 0. The molecule has 0 aliphatic rings. The summed E-state index contributed by atoms with van der Waals surface area (Å²) in [6.45, 7) is 10.5. The Morgan fingerprint density at radius 2 is 1.57 bits per heavy atom. The number of esters is 3. The summed E-state index contributed by atoms with van der Waals surface area (Å²) in [6, 6.07) is 3.65. The van der Waals surface area contributed by atoms with Crippen molar-refractivity contribution in [2.75, 3.05) is 6.61 Å². The molecule has 3 rings (SSSR count).